The summed E-state index contributed by atoms with van der Waals surface area (Å²) >= 11 is 0. The number of furan rings is 1. The van der Waals surface area contributed by atoms with Crippen molar-refractivity contribution in [3.05, 3.63) is 107 Å². The Labute approximate surface area is 243 Å². The van der Waals surface area contributed by atoms with Gasteiger partial charge in [0, 0.05) is 17.6 Å². The van der Waals surface area contributed by atoms with Crippen LogP contribution in [0.2, 0.25) is 0 Å². The van der Waals surface area contributed by atoms with Crippen molar-refractivity contribution in [1.82, 2.24) is 15.2 Å². The van der Waals surface area contributed by atoms with Crippen LogP contribution in [0.4, 0.5) is 11.4 Å². The maximum absolute atomic E-state index is 13.3. The van der Waals surface area contributed by atoms with Crippen molar-refractivity contribution >= 4 is 35.0 Å². The normalized spacial score (nSPS) is 11.5. The number of amides is 4. The number of hydrogen-bond acceptors (Lipinski definition) is 6. The lowest BCUT2D eigenvalue weighted by Crippen LogP contribution is -2.44. The number of pyridine rings is 1. The molecule has 4 amide bonds. The maximum Gasteiger partial charge on any atom is 0.274 e. The second-order valence-corrected chi connectivity index (χ2v) is 9.54. The van der Waals surface area contributed by atoms with Gasteiger partial charge in [0.2, 0.25) is 17.7 Å². The molecule has 0 spiro atoms. The first-order valence-electron chi connectivity index (χ1n) is 13.5. The number of allylic oxidation sites excluding steroid dienone is 2. The van der Waals surface area contributed by atoms with Gasteiger partial charge in [0.15, 0.2) is 0 Å². The molecule has 0 fully saturated rings. The fourth-order valence-corrected chi connectivity index (χ4v) is 3.98. The molecule has 220 valence electrons. The predicted molar refractivity (Wildman–Crippen MR) is 160 cm³/mol. The van der Waals surface area contributed by atoms with Crippen LogP contribution in [0.1, 0.15) is 48.1 Å². The van der Waals surface area contributed by atoms with Gasteiger partial charge in [-0.25, -0.2) is 0 Å². The summed E-state index contributed by atoms with van der Waals surface area (Å²) in [6.07, 6.45) is 5.32. The molecule has 3 rings (SSSR count). The molecule has 2 heterocycles. The molecule has 0 bridgehead atoms. The smallest absolute Gasteiger partial charge is 0.274 e. The summed E-state index contributed by atoms with van der Waals surface area (Å²) in [6, 6.07) is 12.4. The van der Waals surface area contributed by atoms with E-state index in [1.807, 2.05) is 13.0 Å². The molecule has 3 aromatic rings. The van der Waals surface area contributed by atoms with E-state index in [1.54, 1.807) is 50.3 Å². The van der Waals surface area contributed by atoms with Gasteiger partial charge in [-0.1, -0.05) is 37.8 Å². The van der Waals surface area contributed by atoms with Crippen LogP contribution in [-0.2, 0) is 20.9 Å². The number of para-hydroxylation sites is 1. The van der Waals surface area contributed by atoms with Crippen molar-refractivity contribution < 1.29 is 23.6 Å². The highest BCUT2D eigenvalue weighted by Crippen LogP contribution is 2.15. The van der Waals surface area contributed by atoms with Gasteiger partial charge < -0.3 is 30.3 Å². The van der Waals surface area contributed by atoms with E-state index >= 15 is 0 Å². The van der Waals surface area contributed by atoms with Gasteiger partial charge in [-0.15, -0.1) is 0 Å². The summed E-state index contributed by atoms with van der Waals surface area (Å²) in [5, 5.41) is 10.6. The van der Waals surface area contributed by atoms with E-state index in [0.717, 1.165) is 4.57 Å². The molecule has 42 heavy (non-hydrogen) atoms. The molecule has 2 aromatic heterocycles. The van der Waals surface area contributed by atoms with E-state index in [4.69, 9.17) is 4.42 Å². The molecule has 0 radical (unpaired) electrons. The Balaban J connectivity index is 1.72. The molecule has 0 aliphatic heterocycles. The van der Waals surface area contributed by atoms with Crippen LogP contribution in [-0.4, -0.2) is 34.2 Å². The van der Waals surface area contributed by atoms with Crippen LogP contribution < -0.4 is 26.8 Å². The number of carbonyl (C=O) groups excluding carboxylic acids is 4. The molecule has 0 aliphatic carbocycles. The van der Waals surface area contributed by atoms with Crippen molar-refractivity contribution in [2.24, 2.45) is 0 Å². The third-order valence-corrected chi connectivity index (χ3v) is 6.17. The number of nitrogens with one attached hydrogen (secondary N) is 4. The van der Waals surface area contributed by atoms with E-state index in [9.17, 15) is 24.0 Å². The van der Waals surface area contributed by atoms with Crippen molar-refractivity contribution in [3.8, 4) is 0 Å². The highest BCUT2D eigenvalue weighted by atomic mass is 16.3. The van der Waals surface area contributed by atoms with Crippen LogP contribution in [0, 0.1) is 13.8 Å². The number of aryl methyl sites for hydroxylation is 2. The fraction of sp³-hybridized carbons (Fsp3) is 0.258. The number of carbonyl (C=O) groups is 4. The standard InChI is InChI=1S/C31H35N5O6/c1-5-20(2)32-28(38)19-36-17-11-15-26(31(36)41)35-30(40)25(34-29(39)24-18-21(3)42-22(24)4)14-9-10-16-27(37)33-23-12-7-6-8-13-23/h6-8,10-13,15-18,25H,2,5,9,14,19H2,1,3-4H3,(H,32,38)(H,33,37)(H,34,39)(H,35,40)/b16-10+. The van der Waals surface area contributed by atoms with Gasteiger partial charge in [-0.2, -0.15) is 0 Å². The highest BCUT2D eigenvalue weighted by molar-refractivity contribution is 6.02. The zero-order chi connectivity index (χ0) is 30.6. The molecule has 0 saturated heterocycles. The van der Waals surface area contributed by atoms with Crippen LogP contribution in [0.15, 0.2) is 88.4 Å². The zero-order valence-corrected chi connectivity index (χ0v) is 23.9. The minimum atomic E-state index is -1.06. The Morgan fingerprint density at radius 1 is 1.05 bits per heavy atom. The topological polar surface area (TPSA) is 152 Å². The average Bonchev–Trinajstić information content (AvgIpc) is 3.30. The first-order chi connectivity index (χ1) is 20.1. The van der Waals surface area contributed by atoms with Crippen LogP contribution in [0.5, 0.6) is 0 Å². The number of hydrogen-bond donors (Lipinski definition) is 4. The molecule has 1 unspecified atom stereocenters. The largest absolute Gasteiger partial charge is 0.466 e. The number of benzene rings is 1. The third kappa shape index (κ3) is 9.19. The SMILES string of the molecule is C=C(CC)NC(=O)Cn1cccc(NC(=O)C(CC/C=C/C(=O)Nc2ccccc2)NC(=O)c2cc(C)oc2C)c1=O. The Bertz CT molecular complexity index is 1540. The third-order valence-electron chi connectivity index (χ3n) is 6.17. The number of anilines is 2. The van der Waals surface area contributed by atoms with Crippen molar-refractivity contribution in [3.63, 3.8) is 0 Å². The lowest BCUT2D eigenvalue weighted by Gasteiger charge is -2.18. The van der Waals surface area contributed by atoms with Crippen LogP contribution in [0.25, 0.3) is 0 Å². The van der Waals surface area contributed by atoms with Crippen molar-refractivity contribution in [2.45, 2.75) is 52.6 Å². The summed E-state index contributed by atoms with van der Waals surface area (Å²) in [5.74, 6) is -0.979. The van der Waals surface area contributed by atoms with Crippen molar-refractivity contribution in [1.29, 1.82) is 0 Å². The summed E-state index contributed by atoms with van der Waals surface area (Å²) in [7, 11) is 0. The van der Waals surface area contributed by atoms with E-state index < -0.39 is 29.3 Å². The van der Waals surface area contributed by atoms with Gasteiger partial charge in [-0.05, 0) is 69.5 Å². The minimum Gasteiger partial charge on any atom is -0.466 e. The molecule has 11 nitrogen and oxygen atoms in total. The molecule has 1 atom stereocenters. The monoisotopic (exact) mass is 573 g/mol. The van der Waals surface area contributed by atoms with E-state index in [1.165, 1.54) is 24.4 Å². The van der Waals surface area contributed by atoms with Crippen LogP contribution >= 0.6 is 0 Å². The van der Waals surface area contributed by atoms with Crippen LogP contribution in [0.3, 0.4) is 0 Å². The quantitative estimate of drug-likeness (QED) is 0.228. The molecule has 0 aliphatic rings. The average molecular weight is 574 g/mol. The van der Waals surface area contributed by atoms with Gasteiger partial charge in [0.05, 0.1) is 5.56 Å². The second kappa shape index (κ2) is 15.0. The predicted octanol–water partition coefficient (Wildman–Crippen LogP) is 3.81. The maximum atomic E-state index is 13.3. The summed E-state index contributed by atoms with van der Waals surface area (Å²) in [5.41, 5.74) is 0.795. The Morgan fingerprint density at radius 2 is 1.79 bits per heavy atom. The van der Waals surface area contributed by atoms with Gasteiger partial charge in [-0.3, -0.25) is 24.0 Å². The summed E-state index contributed by atoms with van der Waals surface area (Å²) in [6.45, 7) is 8.64. The first-order valence-corrected chi connectivity index (χ1v) is 13.5. The van der Waals surface area contributed by atoms with E-state index in [0.29, 0.717) is 29.3 Å². The van der Waals surface area contributed by atoms with E-state index in [2.05, 4.69) is 27.8 Å². The van der Waals surface area contributed by atoms with Gasteiger partial charge in [0.25, 0.3) is 11.5 Å². The molecular weight excluding hydrogens is 538 g/mol. The molecular formula is C31H35N5O6. The molecule has 1 aromatic carbocycles. The van der Waals surface area contributed by atoms with Crippen molar-refractivity contribution in [2.75, 3.05) is 10.6 Å². The number of aromatic nitrogens is 1. The molecule has 4 N–H and O–H groups in total. The Hall–Kier alpha value is -5.19. The minimum absolute atomic E-state index is 0.0583. The lowest BCUT2D eigenvalue weighted by atomic mass is 10.1. The fourth-order valence-electron chi connectivity index (χ4n) is 3.98. The molecule has 11 heteroatoms. The number of rotatable bonds is 13. The second-order valence-electron chi connectivity index (χ2n) is 9.54. The highest BCUT2D eigenvalue weighted by Gasteiger charge is 2.24. The molecule has 0 saturated carbocycles. The van der Waals surface area contributed by atoms with E-state index in [-0.39, 0.29) is 36.5 Å². The van der Waals surface area contributed by atoms with Gasteiger partial charge >= 0.3 is 0 Å². The summed E-state index contributed by atoms with van der Waals surface area (Å²) in [4.78, 5) is 63.8. The zero-order valence-electron chi connectivity index (χ0n) is 23.9. The summed E-state index contributed by atoms with van der Waals surface area (Å²) < 4.78 is 6.60. The Kier molecular flexibility index (Phi) is 11.2. The number of nitrogens with zero attached hydrogens (tertiary/aromatic N) is 1. The Morgan fingerprint density at radius 3 is 2.45 bits per heavy atom. The first kappa shape index (κ1) is 31.3. The van der Waals surface area contributed by atoms with Gasteiger partial charge in [0.1, 0.15) is 29.8 Å². The lowest BCUT2D eigenvalue weighted by molar-refractivity contribution is -0.121.